The van der Waals surface area contributed by atoms with Crippen molar-refractivity contribution >= 4 is 5.69 Å². The van der Waals surface area contributed by atoms with Gasteiger partial charge in [0.15, 0.2) is 11.6 Å². The molecular weight excluding hydrogens is 208 g/mol. The topological polar surface area (TPSA) is 26.0 Å². The lowest BCUT2D eigenvalue weighted by atomic mass is 10.0. The van der Waals surface area contributed by atoms with Gasteiger partial charge in [0, 0.05) is 16.8 Å². The molecule has 0 bridgehead atoms. The fraction of sp³-hybridized carbons (Fsp3) is 0.0769. The van der Waals surface area contributed by atoms with Gasteiger partial charge in [0.05, 0.1) is 0 Å². The van der Waals surface area contributed by atoms with Gasteiger partial charge in [0.2, 0.25) is 0 Å². The minimum atomic E-state index is -0.863. The van der Waals surface area contributed by atoms with Crippen LogP contribution < -0.4 is 5.73 Å². The maximum absolute atomic E-state index is 13.6. The SMILES string of the molecule is Cc1ccc(N)c(-c2cccc(F)c2F)c1. The van der Waals surface area contributed by atoms with Crippen molar-refractivity contribution in [2.75, 3.05) is 5.73 Å². The maximum Gasteiger partial charge on any atom is 0.166 e. The van der Waals surface area contributed by atoms with Crippen molar-refractivity contribution in [2.45, 2.75) is 6.92 Å². The molecule has 0 fully saturated rings. The van der Waals surface area contributed by atoms with Crippen LogP contribution in [0.4, 0.5) is 14.5 Å². The van der Waals surface area contributed by atoms with Crippen molar-refractivity contribution in [2.24, 2.45) is 0 Å². The summed E-state index contributed by atoms with van der Waals surface area (Å²) >= 11 is 0. The largest absolute Gasteiger partial charge is 0.398 e. The predicted octanol–water partition coefficient (Wildman–Crippen LogP) is 3.52. The first-order valence-electron chi connectivity index (χ1n) is 4.90. The third-order valence-electron chi connectivity index (χ3n) is 2.45. The molecule has 0 heterocycles. The van der Waals surface area contributed by atoms with Gasteiger partial charge in [-0.15, -0.1) is 0 Å². The van der Waals surface area contributed by atoms with Gasteiger partial charge in [-0.2, -0.15) is 0 Å². The highest BCUT2D eigenvalue weighted by Crippen LogP contribution is 2.29. The molecule has 82 valence electrons. The van der Waals surface area contributed by atoms with Crippen molar-refractivity contribution < 1.29 is 8.78 Å². The highest BCUT2D eigenvalue weighted by Gasteiger charge is 2.11. The molecule has 0 aromatic heterocycles. The van der Waals surface area contributed by atoms with E-state index in [1.165, 1.54) is 12.1 Å². The highest BCUT2D eigenvalue weighted by molar-refractivity contribution is 5.77. The van der Waals surface area contributed by atoms with E-state index in [0.29, 0.717) is 11.3 Å². The molecule has 0 saturated carbocycles. The Balaban J connectivity index is 2.67. The van der Waals surface area contributed by atoms with Gasteiger partial charge in [0.1, 0.15) is 0 Å². The second kappa shape index (κ2) is 3.93. The minimum absolute atomic E-state index is 0.196. The summed E-state index contributed by atoms with van der Waals surface area (Å²) in [6.45, 7) is 1.88. The summed E-state index contributed by atoms with van der Waals surface area (Å²) in [5.41, 5.74) is 7.86. The zero-order valence-electron chi connectivity index (χ0n) is 8.80. The van der Waals surface area contributed by atoms with Crippen LogP contribution in [0.25, 0.3) is 11.1 Å². The highest BCUT2D eigenvalue weighted by atomic mass is 19.2. The molecule has 2 aromatic rings. The van der Waals surface area contributed by atoms with Crippen LogP contribution in [0.15, 0.2) is 36.4 Å². The summed E-state index contributed by atoms with van der Waals surface area (Å²) in [4.78, 5) is 0. The van der Waals surface area contributed by atoms with Crippen LogP contribution in [0.1, 0.15) is 5.56 Å². The fourth-order valence-corrected chi connectivity index (χ4v) is 1.62. The first-order valence-corrected chi connectivity index (χ1v) is 4.90. The molecule has 1 nitrogen and oxygen atoms in total. The zero-order chi connectivity index (χ0) is 11.7. The lowest BCUT2D eigenvalue weighted by Crippen LogP contribution is -1.94. The van der Waals surface area contributed by atoms with E-state index in [-0.39, 0.29) is 5.56 Å². The summed E-state index contributed by atoms with van der Waals surface area (Å²) < 4.78 is 26.6. The number of hydrogen-bond acceptors (Lipinski definition) is 1. The molecule has 2 rings (SSSR count). The standard InChI is InChI=1S/C13H11F2N/c1-8-5-6-12(16)10(7-8)9-3-2-4-11(14)13(9)15/h2-7H,16H2,1H3. The minimum Gasteiger partial charge on any atom is -0.398 e. The van der Waals surface area contributed by atoms with Gasteiger partial charge in [-0.25, -0.2) is 8.78 Å². The number of benzene rings is 2. The third kappa shape index (κ3) is 1.76. The van der Waals surface area contributed by atoms with Crippen LogP contribution in [0, 0.1) is 18.6 Å². The molecule has 16 heavy (non-hydrogen) atoms. The van der Waals surface area contributed by atoms with Crippen LogP contribution in [0.2, 0.25) is 0 Å². The van der Waals surface area contributed by atoms with Crippen molar-refractivity contribution in [1.82, 2.24) is 0 Å². The summed E-state index contributed by atoms with van der Waals surface area (Å²) in [7, 11) is 0. The molecule has 0 saturated heterocycles. The molecule has 0 atom stereocenters. The number of halogens is 2. The Labute approximate surface area is 92.5 Å². The molecule has 0 aliphatic carbocycles. The van der Waals surface area contributed by atoms with Gasteiger partial charge in [0.25, 0.3) is 0 Å². The maximum atomic E-state index is 13.6. The Kier molecular flexibility index (Phi) is 2.60. The Bertz CT molecular complexity index is 535. The average Bonchev–Trinajstić information content (AvgIpc) is 2.26. The molecule has 3 heteroatoms. The van der Waals surface area contributed by atoms with Gasteiger partial charge < -0.3 is 5.73 Å². The number of nitrogens with two attached hydrogens (primary N) is 1. The number of rotatable bonds is 1. The molecule has 0 unspecified atom stereocenters. The monoisotopic (exact) mass is 219 g/mol. The third-order valence-corrected chi connectivity index (χ3v) is 2.45. The van der Waals surface area contributed by atoms with E-state index in [9.17, 15) is 8.78 Å². The summed E-state index contributed by atoms with van der Waals surface area (Å²) in [5.74, 6) is -1.72. The first-order chi connectivity index (χ1) is 7.59. The smallest absolute Gasteiger partial charge is 0.166 e. The van der Waals surface area contributed by atoms with Gasteiger partial charge in [-0.05, 0) is 25.1 Å². The van der Waals surface area contributed by atoms with Crippen molar-refractivity contribution in [1.29, 1.82) is 0 Å². The Hall–Kier alpha value is -1.90. The van der Waals surface area contributed by atoms with Crippen LogP contribution in [-0.2, 0) is 0 Å². The van der Waals surface area contributed by atoms with Crippen LogP contribution >= 0.6 is 0 Å². The Morgan fingerprint density at radius 3 is 2.50 bits per heavy atom. The number of anilines is 1. The van der Waals surface area contributed by atoms with Gasteiger partial charge in [-0.3, -0.25) is 0 Å². The van der Waals surface area contributed by atoms with Crippen LogP contribution in [-0.4, -0.2) is 0 Å². The van der Waals surface area contributed by atoms with E-state index in [1.807, 2.05) is 13.0 Å². The average molecular weight is 219 g/mol. The van der Waals surface area contributed by atoms with Crippen molar-refractivity contribution in [3.63, 3.8) is 0 Å². The van der Waals surface area contributed by atoms with Crippen molar-refractivity contribution in [3.05, 3.63) is 53.6 Å². The second-order valence-electron chi connectivity index (χ2n) is 3.69. The molecule has 0 aliphatic rings. The second-order valence-corrected chi connectivity index (χ2v) is 3.69. The lowest BCUT2D eigenvalue weighted by molar-refractivity contribution is 0.511. The first kappa shape index (κ1) is 10.6. The van der Waals surface area contributed by atoms with Crippen LogP contribution in [0.3, 0.4) is 0 Å². The van der Waals surface area contributed by atoms with E-state index in [1.54, 1.807) is 12.1 Å². The van der Waals surface area contributed by atoms with E-state index in [2.05, 4.69) is 0 Å². The molecule has 2 N–H and O–H groups in total. The number of aryl methyl sites for hydroxylation is 1. The van der Waals surface area contributed by atoms with E-state index in [4.69, 9.17) is 5.73 Å². The Morgan fingerprint density at radius 1 is 1.00 bits per heavy atom. The van der Waals surface area contributed by atoms with Gasteiger partial charge in [-0.1, -0.05) is 23.8 Å². The molecule has 0 spiro atoms. The quantitative estimate of drug-likeness (QED) is 0.729. The van der Waals surface area contributed by atoms with Crippen molar-refractivity contribution in [3.8, 4) is 11.1 Å². The zero-order valence-corrected chi connectivity index (χ0v) is 8.80. The number of nitrogen functional groups attached to an aromatic ring is 1. The predicted molar refractivity (Wildman–Crippen MR) is 60.9 cm³/mol. The van der Waals surface area contributed by atoms with Crippen LogP contribution in [0.5, 0.6) is 0 Å². The molecular formula is C13H11F2N. The van der Waals surface area contributed by atoms with E-state index in [0.717, 1.165) is 11.6 Å². The summed E-state index contributed by atoms with van der Waals surface area (Å²) in [6, 6.07) is 9.34. The fourth-order valence-electron chi connectivity index (χ4n) is 1.62. The molecule has 0 amide bonds. The molecule has 0 aliphatic heterocycles. The lowest BCUT2D eigenvalue weighted by Gasteiger charge is -2.08. The summed E-state index contributed by atoms with van der Waals surface area (Å²) in [6.07, 6.45) is 0. The molecule has 2 aromatic carbocycles. The molecule has 0 radical (unpaired) electrons. The number of hydrogen-bond donors (Lipinski definition) is 1. The van der Waals surface area contributed by atoms with Gasteiger partial charge >= 0.3 is 0 Å². The summed E-state index contributed by atoms with van der Waals surface area (Å²) in [5, 5.41) is 0. The normalized spacial score (nSPS) is 10.4. The van der Waals surface area contributed by atoms with E-state index < -0.39 is 11.6 Å². The Morgan fingerprint density at radius 2 is 1.75 bits per heavy atom. The van der Waals surface area contributed by atoms with E-state index >= 15 is 0 Å².